The van der Waals surface area contributed by atoms with E-state index in [9.17, 15) is 4.39 Å². The van der Waals surface area contributed by atoms with E-state index in [1.807, 2.05) is 19.2 Å². The summed E-state index contributed by atoms with van der Waals surface area (Å²) >= 11 is 0. The van der Waals surface area contributed by atoms with Gasteiger partial charge in [0.15, 0.2) is 0 Å². The fourth-order valence-corrected chi connectivity index (χ4v) is 2.07. The molecule has 4 heteroatoms. The van der Waals surface area contributed by atoms with Crippen molar-refractivity contribution in [2.75, 3.05) is 13.7 Å². The third-order valence-corrected chi connectivity index (χ3v) is 2.99. The highest BCUT2D eigenvalue weighted by Gasteiger charge is 2.05. The molecule has 0 spiro atoms. The van der Waals surface area contributed by atoms with E-state index in [0.29, 0.717) is 12.1 Å². The molecule has 0 saturated heterocycles. The van der Waals surface area contributed by atoms with Crippen molar-refractivity contribution >= 4 is 0 Å². The number of halogens is 1. The van der Waals surface area contributed by atoms with E-state index in [2.05, 4.69) is 21.7 Å². The Morgan fingerprint density at radius 1 is 1.14 bits per heavy atom. The quantitative estimate of drug-likeness (QED) is 0.874. The molecule has 0 radical (unpaired) electrons. The van der Waals surface area contributed by atoms with E-state index in [1.54, 1.807) is 24.5 Å². The highest BCUT2D eigenvalue weighted by atomic mass is 19.1. The van der Waals surface area contributed by atoms with Gasteiger partial charge in [0.05, 0.1) is 5.56 Å². The molecule has 0 aliphatic rings. The normalized spacial score (nSPS) is 10.3. The Hall–Kier alpha value is -2.22. The first kappa shape index (κ1) is 15.2. The van der Waals surface area contributed by atoms with Crippen molar-refractivity contribution in [1.82, 2.24) is 9.88 Å². The maximum Gasteiger partial charge on any atom is 0.138 e. The van der Waals surface area contributed by atoms with Crippen LogP contribution in [0.4, 0.5) is 4.39 Å². The number of pyridine rings is 1. The minimum atomic E-state index is -0.364. The molecule has 0 aliphatic heterocycles. The standard InChI is InChI=1S/C17H17FN2O/c1-20(12-14-6-8-19-9-7-14)13-15-4-5-17(18)16(11-15)3-2-10-21/h4-9,11,21H,10,12-13H2,1H3. The van der Waals surface area contributed by atoms with Crippen molar-refractivity contribution in [3.05, 3.63) is 65.2 Å². The molecule has 2 aromatic rings. The van der Waals surface area contributed by atoms with Gasteiger partial charge < -0.3 is 5.11 Å². The van der Waals surface area contributed by atoms with Gasteiger partial charge >= 0.3 is 0 Å². The molecule has 0 saturated carbocycles. The predicted octanol–water partition coefficient (Wildman–Crippen LogP) is 2.20. The minimum Gasteiger partial charge on any atom is -0.384 e. The van der Waals surface area contributed by atoms with Gasteiger partial charge in [-0.25, -0.2) is 4.39 Å². The molecule has 0 atom stereocenters. The number of nitrogens with zero attached hydrogens (tertiary/aromatic N) is 2. The van der Waals surface area contributed by atoms with E-state index in [0.717, 1.165) is 12.1 Å². The fourth-order valence-electron chi connectivity index (χ4n) is 2.07. The first-order chi connectivity index (χ1) is 10.2. The zero-order chi connectivity index (χ0) is 15.1. The number of aromatic nitrogens is 1. The molecule has 3 nitrogen and oxygen atoms in total. The van der Waals surface area contributed by atoms with Crippen molar-refractivity contribution < 1.29 is 9.50 Å². The van der Waals surface area contributed by atoms with Gasteiger partial charge in [-0.2, -0.15) is 0 Å². The molecule has 0 amide bonds. The maximum absolute atomic E-state index is 13.6. The first-order valence-corrected chi connectivity index (χ1v) is 6.64. The van der Waals surface area contributed by atoms with Crippen LogP contribution >= 0.6 is 0 Å². The van der Waals surface area contributed by atoms with E-state index < -0.39 is 0 Å². The lowest BCUT2D eigenvalue weighted by Crippen LogP contribution is -2.17. The molecule has 0 bridgehead atoms. The molecule has 21 heavy (non-hydrogen) atoms. The number of benzene rings is 1. The highest BCUT2D eigenvalue weighted by molar-refractivity contribution is 5.38. The van der Waals surface area contributed by atoms with E-state index in [4.69, 9.17) is 5.11 Å². The fraction of sp³-hybridized carbons (Fsp3) is 0.235. The van der Waals surface area contributed by atoms with Crippen LogP contribution in [-0.2, 0) is 13.1 Å². The van der Waals surface area contributed by atoms with Gasteiger partial charge in [0.25, 0.3) is 0 Å². The average Bonchev–Trinajstić information content (AvgIpc) is 2.48. The van der Waals surface area contributed by atoms with Crippen LogP contribution in [0.15, 0.2) is 42.7 Å². The van der Waals surface area contributed by atoms with Crippen molar-refractivity contribution in [1.29, 1.82) is 0 Å². The second-order valence-electron chi connectivity index (χ2n) is 4.80. The van der Waals surface area contributed by atoms with Gasteiger partial charge in [-0.05, 0) is 42.4 Å². The van der Waals surface area contributed by atoms with Gasteiger partial charge in [0.2, 0.25) is 0 Å². The second kappa shape index (κ2) is 7.53. The number of hydrogen-bond acceptors (Lipinski definition) is 3. The van der Waals surface area contributed by atoms with E-state index in [1.165, 1.54) is 11.6 Å². The monoisotopic (exact) mass is 284 g/mol. The van der Waals surface area contributed by atoms with Crippen LogP contribution in [0, 0.1) is 17.7 Å². The predicted molar refractivity (Wildman–Crippen MR) is 79.8 cm³/mol. The van der Waals surface area contributed by atoms with Gasteiger partial charge in [-0.1, -0.05) is 17.9 Å². The SMILES string of the molecule is CN(Cc1ccncc1)Cc1ccc(F)c(C#CCO)c1. The molecule has 1 N–H and O–H groups in total. The van der Waals surface area contributed by atoms with Crippen LogP contribution in [0.25, 0.3) is 0 Å². The van der Waals surface area contributed by atoms with Crippen LogP contribution in [0.1, 0.15) is 16.7 Å². The smallest absolute Gasteiger partial charge is 0.138 e. The van der Waals surface area contributed by atoms with Gasteiger partial charge in [0.1, 0.15) is 12.4 Å². The lowest BCUT2D eigenvalue weighted by Gasteiger charge is -2.17. The topological polar surface area (TPSA) is 36.4 Å². The number of hydrogen-bond donors (Lipinski definition) is 1. The summed E-state index contributed by atoms with van der Waals surface area (Å²) < 4.78 is 13.6. The lowest BCUT2D eigenvalue weighted by molar-refractivity contribution is 0.319. The summed E-state index contributed by atoms with van der Waals surface area (Å²) in [5.41, 5.74) is 2.48. The molecule has 0 unspecified atom stereocenters. The zero-order valence-electron chi connectivity index (χ0n) is 11.9. The number of aliphatic hydroxyl groups excluding tert-OH is 1. The molecular formula is C17H17FN2O. The van der Waals surface area contributed by atoms with Gasteiger partial charge in [-0.3, -0.25) is 9.88 Å². The Bertz CT molecular complexity index is 647. The summed E-state index contributed by atoms with van der Waals surface area (Å²) in [6.07, 6.45) is 3.54. The Labute approximate surface area is 124 Å². The summed E-state index contributed by atoms with van der Waals surface area (Å²) in [6, 6.07) is 8.83. The summed E-state index contributed by atoms with van der Waals surface area (Å²) in [6.45, 7) is 1.21. The largest absolute Gasteiger partial charge is 0.384 e. The minimum absolute atomic E-state index is 0.272. The molecule has 0 fully saturated rings. The summed E-state index contributed by atoms with van der Waals surface area (Å²) in [4.78, 5) is 6.12. The molecule has 2 rings (SSSR count). The van der Waals surface area contributed by atoms with Crippen molar-refractivity contribution in [3.8, 4) is 11.8 Å². The molecule has 1 aromatic carbocycles. The van der Waals surface area contributed by atoms with Crippen LogP contribution < -0.4 is 0 Å². The molecule has 1 heterocycles. The Morgan fingerprint density at radius 2 is 1.86 bits per heavy atom. The molecule has 1 aromatic heterocycles. The van der Waals surface area contributed by atoms with Crippen molar-refractivity contribution in [2.45, 2.75) is 13.1 Å². The highest BCUT2D eigenvalue weighted by Crippen LogP contribution is 2.12. The maximum atomic E-state index is 13.6. The third-order valence-electron chi connectivity index (χ3n) is 2.99. The number of aliphatic hydroxyl groups is 1. The Balaban J connectivity index is 2.05. The van der Waals surface area contributed by atoms with Crippen LogP contribution in [-0.4, -0.2) is 28.6 Å². The molecule has 108 valence electrons. The van der Waals surface area contributed by atoms with Gasteiger partial charge in [0, 0.05) is 25.5 Å². The Kier molecular flexibility index (Phi) is 5.44. The first-order valence-electron chi connectivity index (χ1n) is 6.64. The van der Waals surface area contributed by atoms with E-state index in [-0.39, 0.29) is 12.4 Å². The average molecular weight is 284 g/mol. The van der Waals surface area contributed by atoms with Crippen LogP contribution in [0.3, 0.4) is 0 Å². The zero-order valence-corrected chi connectivity index (χ0v) is 11.9. The van der Waals surface area contributed by atoms with E-state index >= 15 is 0 Å². The Morgan fingerprint density at radius 3 is 2.57 bits per heavy atom. The summed E-state index contributed by atoms with van der Waals surface area (Å²) in [5, 5.41) is 8.69. The second-order valence-corrected chi connectivity index (χ2v) is 4.80. The molecular weight excluding hydrogens is 267 g/mol. The van der Waals surface area contributed by atoms with Crippen molar-refractivity contribution in [3.63, 3.8) is 0 Å². The van der Waals surface area contributed by atoms with Crippen molar-refractivity contribution in [2.24, 2.45) is 0 Å². The lowest BCUT2D eigenvalue weighted by atomic mass is 10.1. The molecule has 0 aliphatic carbocycles. The van der Waals surface area contributed by atoms with Gasteiger partial charge in [-0.15, -0.1) is 0 Å². The third kappa shape index (κ3) is 4.67. The van der Waals surface area contributed by atoms with Crippen LogP contribution in [0.2, 0.25) is 0 Å². The summed E-state index contributed by atoms with van der Waals surface area (Å²) in [7, 11) is 2.00. The number of rotatable bonds is 4. The van der Waals surface area contributed by atoms with Crippen LogP contribution in [0.5, 0.6) is 0 Å². The summed E-state index contributed by atoms with van der Waals surface area (Å²) in [5.74, 6) is 4.73.